The number of anilines is 2. The van der Waals surface area contributed by atoms with Crippen molar-refractivity contribution in [1.82, 2.24) is 20.2 Å². The number of carbonyl (C=O) groups excluding carboxylic acids is 2. The van der Waals surface area contributed by atoms with Crippen molar-refractivity contribution in [3.05, 3.63) is 48.0 Å². The number of nitrogens with one attached hydrogen (secondary N) is 3. The Balaban J connectivity index is 1.52. The third kappa shape index (κ3) is 6.03. The summed E-state index contributed by atoms with van der Waals surface area (Å²) in [5, 5.41) is 8.97. The minimum atomic E-state index is -0.518. The maximum Gasteiger partial charge on any atom is 0.323 e. The van der Waals surface area contributed by atoms with Crippen LogP contribution in [0.2, 0.25) is 0 Å². The van der Waals surface area contributed by atoms with Gasteiger partial charge in [-0.2, -0.15) is 0 Å². The van der Waals surface area contributed by atoms with E-state index >= 15 is 0 Å². The quantitative estimate of drug-likeness (QED) is 0.448. The molecule has 2 aromatic heterocycles. The number of likely N-dealkylation sites (tertiary alicyclic amines) is 1. The van der Waals surface area contributed by atoms with Gasteiger partial charge in [-0.3, -0.25) is 10.3 Å². The molecule has 1 aliphatic heterocycles. The van der Waals surface area contributed by atoms with Crippen molar-refractivity contribution in [2.45, 2.75) is 40.5 Å². The summed E-state index contributed by atoms with van der Waals surface area (Å²) in [7, 11) is 0. The second kappa shape index (κ2) is 9.85. The van der Waals surface area contributed by atoms with Gasteiger partial charge >= 0.3 is 12.1 Å². The Kier molecular flexibility index (Phi) is 6.86. The second-order valence-corrected chi connectivity index (χ2v) is 10.0. The topological polar surface area (TPSA) is 99.2 Å². The first-order chi connectivity index (χ1) is 16.6. The number of hydrogen-bond donors (Lipinski definition) is 3. The van der Waals surface area contributed by atoms with E-state index in [0.717, 1.165) is 48.1 Å². The van der Waals surface area contributed by atoms with E-state index in [2.05, 4.69) is 46.7 Å². The number of aromatic nitrogens is 2. The molecular formula is C26H31FN6O2. The average Bonchev–Trinajstić information content (AvgIpc) is 2.72. The molecule has 8 nitrogen and oxygen atoms in total. The van der Waals surface area contributed by atoms with E-state index in [1.54, 1.807) is 29.3 Å². The van der Waals surface area contributed by atoms with Crippen LogP contribution in [0.5, 0.6) is 0 Å². The molecule has 3 heterocycles. The standard InChI is InChI=1S/C26H31FN6O2/c1-16-19(12-18-15-29-23(14-21(18)30-16)32-25(35)33-10-5-11-33)17-6-7-20(27)22(13-17)31-24(34)28-9-8-26(2,3)4/h6-7,12-15H,5,8-11H2,1-4H3,(H2,28,31,34)(H,29,32,35). The molecule has 0 bridgehead atoms. The van der Waals surface area contributed by atoms with Crippen LogP contribution in [-0.2, 0) is 0 Å². The van der Waals surface area contributed by atoms with Crippen molar-refractivity contribution in [1.29, 1.82) is 0 Å². The zero-order chi connectivity index (χ0) is 25.2. The Morgan fingerprint density at radius 1 is 1.11 bits per heavy atom. The molecule has 1 saturated heterocycles. The zero-order valence-electron chi connectivity index (χ0n) is 20.5. The first-order valence-corrected chi connectivity index (χ1v) is 11.8. The number of benzene rings is 1. The molecule has 35 heavy (non-hydrogen) atoms. The number of pyridine rings is 2. The molecule has 4 rings (SSSR count). The van der Waals surface area contributed by atoms with Crippen LogP contribution in [0.1, 0.15) is 39.3 Å². The molecule has 1 aromatic carbocycles. The van der Waals surface area contributed by atoms with Crippen LogP contribution in [0.3, 0.4) is 0 Å². The Morgan fingerprint density at radius 2 is 1.89 bits per heavy atom. The number of urea groups is 2. The number of hydrogen-bond acceptors (Lipinski definition) is 4. The van der Waals surface area contributed by atoms with Crippen LogP contribution >= 0.6 is 0 Å². The highest BCUT2D eigenvalue weighted by atomic mass is 19.1. The number of halogens is 1. The smallest absolute Gasteiger partial charge is 0.323 e. The monoisotopic (exact) mass is 478 g/mol. The van der Waals surface area contributed by atoms with Crippen molar-refractivity contribution in [3.63, 3.8) is 0 Å². The van der Waals surface area contributed by atoms with Crippen LogP contribution in [0.15, 0.2) is 36.5 Å². The Morgan fingerprint density at radius 3 is 2.57 bits per heavy atom. The van der Waals surface area contributed by atoms with Gasteiger partial charge in [0.2, 0.25) is 0 Å². The van der Waals surface area contributed by atoms with Crippen molar-refractivity contribution in [2.75, 3.05) is 30.3 Å². The van der Waals surface area contributed by atoms with Crippen LogP contribution in [0, 0.1) is 18.2 Å². The number of aryl methyl sites for hydroxylation is 1. The molecule has 1 aliphatic rings. The third-order valence-corrected chi connectivity index (χ3v) is 5.95. The highest BCUT2D eigenvalue weighted by molar-refractivity contribution is 5.93. The first kappa shape index (κ1) is 24.4. The lowest BCUT2D eigenvalue weighted by Crippen LogP contribution is -2.44. The maximum absolute atomic E-state index is 14.4. The molecule has 4 amide bonds. The van der Waals surface area contributed by atoms with Gasteiger partial charge in [0.1, 0.15) is 11.6 Å². The Hall–Kier alpha value is -3.75. The highest BCUT2D eigenvalue weighted by Gasteiger charge is 2.20. The lowest BCUT2D eigenvalue weighted by molar-refractivity contribution is 0.181. The first-order valence-electron chi connectivity index (χ1n) is 11.8. The van der Waals surface area contributed by atoms with E-state index in [9.17, 15) is 14.0 Å². The minimum absolute atomic E-state index is 0.0920. The van der Waals surface area contributed by atoms with Gasteiger partial charge in [0, 0.05) is 48.5 Å². The molecule has 0 radical (unpaired) electrons. The van der Waals surface area contributed by atoms with Gasteiger partial charge in [0.05, 0.1) is 11.2 Å². The molecule has 0 aliphatic carbocycles. The van der Waals surface area contributed by atoms with Crippen molar-refractivity contribution < 1.29 is 14.0 Å². The van der Waals surface area contributed by atoms with Gasteiger partial charge < -0.3 is 15.5 Å². The summed E-state index contributed by atoms with van der Waals surface area (Å²) in [6.07, 6.45) is 3.48. The SMILES string of the molecule is Cc1nc2cc(NC(=O)N3CCC3)ncc2cc1-c1ccc(F)c(NC(=O)NCCC(C)(C)C)c1. The van der Waals surface area contributed by atoms with Crippen LogP contribution in [0.4, 0.5) is 25.5 Å². The van der Waals surface area contributed by atoms with E-state index < -0.39 is 11.8 Å². The summed E-state index contributed by atoms with van der Waals surface area (Å²) in [4.78, 5) is 35.2. The molecule has 0 unspecified atom stereocenters. The molecule has 3 aromatic rings. The molecule has 0 saturated carbocycles. The van der Waals surface area contributed by atoms with Crippen LogP contribution < -0.4 is 16.0 Å². The van der Waals surface area contributed by atoms with Crippen molar-refractivity contribution in [3.8, 4) is 11.1 Å². The minimum Gasteiger partial charge on any atom is -0.338 e. The van der Waals surface area contributed by atoms with E-state index in [0.29, 0.717) is 17.9 Å². The average molecular weight is 479 g/mol. The third-order valence-electron chi connectivity index (χ3n) is 5.95. The van der Waals surface area contributed by atoms with Gasteiger partial charge in [-0.05, 0) is 48.9 Å². The fourth-order valence-electron chi connectivity index (χ4n) is 3.74. The fraction of sp³-hybridized carbons (Fsp3) is 0.385. The van der Waals surface area contributed by atoms with E-state index in [-0.39, 0.29) is 17.1 Å². The molecule has 0 spiro atoms. The number of amides is 4. The molecule has 3 N–H and O–H groups in total. The van der Waals surface area contributed by atoms with Crippen molar-refractivity contribution in [2.24, 2.45) is 5.41 Å². The largest absolute Gasteiger partial charge is 0.338 e. The van der Waals surface area contributed by atoms with E-state index in [1.807, 2.05) is 13.0 Å². The molecular weight excluding hydrogens is 447 g/mol. The van der Waals surface area contributed by atoms with E-state index in [4.69, 9.17) is 0 Å². The Bertz CT molecular complexity index is 1270. The van der Waals surface area contributed by atoms with Gasteiger partial charge in [-0.1, -0.05) is 26.8 Å². The predicted molar refractivity (Wildman–Crippen MR) is 136 cm³/mol. The summed E-state index contributed by atoms with van der Waals surface area (Å²) < 4.78 is 14.4. The molecule has 1 fully saturated rings. The Labute approximate surface area is 204 Å². The number of rotatable bonds is 5. The van der Waals surface area contributed by atoms with Gasteiger partial charge in [0.25, 0.3) is 0 Å². The highest BCUT2D eigenvalue weighted by Crippen LogP contribution is 2.30. The van der Waals surface area contributed by atoms with Gasteiger partial charge in [0.15, 0.2) is 0 Å². The normalized spacial score (nSPS) is 13.3. The number of carbonyl (C=O) groups is 2. The fourth-order valence-corrected chi connectivity index (χ4v) is 3.74. The summed E-state index contributed by atoms with van der Waals surface area (Å²) >= 11 is 0. The summed E-state index contributed by atoms with van der Waals surface area (Å²) in [5.74, 6) is -0.0739. The van der Waals surface area contributed by atoms with Gasteiger partial charge in [-0.25, -0.2) is 19.0 Å². The molecule has 184 valence electrons. The summed E-state index contributed by atoms with van der Waals surface area (Å²) in [5.41, 5.74) is 3.13. The second-order valence-electron chi connectivity index (χ2n) is 10.0. The lowest BCUT2D eigenvalue weighted by atomic mass is 9.92. The zero-order valence-corrected chi connectivity index (χ0v) is 20.5. The molecule has 9 heteroatoms. The molecule has 0 atom stereocenters. The maximum atomic E-state index is 14.4. The van der Waals surface area contributed by atoms with Gasteiger partial charge in [-0.15, -0.1) is 0 Å². The number of fused-ring (bicyclic) bond motifs is 1. The van der Waals surface area contributed by atoms with Crippen LogP contribution in [0.25, 0.3) is 22.0 Å². The summed E-state index contributed by atoms with van der Waals surface area (Å²) in [6.45, 7) is 10.2. The predicted octanol–water partition coefficient (Wildman–Crippen LogP) is 5.54. The summed E-state index contributed by atoms with van der Waals surface area (Å²) in [6, 6.07) is 7.64. The van der Waals surface area contributed by atoms with E-state index in [1.165, 1.54) is 6.07 Å². The lowest BCUT2D eigenvalue weighted by Gasteiger charge is -2.30. The van der Waals surface area contributed by atoms with Crippen LogP contribution in [-0.4, -0.2) is 46.6 Å². The van der Waals surface area contributed by atoms with Crippen molar-refractivity contribution >= 4 is 34.5 Å². The number of nitrogens with zero attached hydrogens (tertiary/aromatic N) is 3.